The summed E-state index contributed by atoms with van der Waals surface area (Å²) in [5, 5.41) is 6.37. The number of hydrogen-bond donors (Lipinski definition) is 1. The van der Waals surface area contributed by atoms with Crippen molar-refractivity contribution >= 4 is 17.2 Å². The van der Waals surface area contributed by atoms with Crippen LogP contribution in [0.5, 0.6) is 11.5 Å². The lowest BCUT2D eigenvalue weighted by Gasteiger charge is -2.38. The molecule has 3 aliphatic heterocycles. The monoisotopic (exact) mass is 385 g/mol. The molecule has 0 radical (unpaired) electrons. The Labute approximate surface area is 162 Å². The fourth-order valence-corrected chi connectivity index (χ4v) is 5.09. The Balaban J connectivity index is 1.22. The number of carbonyl (C=O) groups excluding carboxylic acids is 1. The first kappa shape index (κ1) is 17.0. The number of piperidine rings is 1. The smallest absolute Gasteiger partial charge is 0.231 e. The molecule has 1 aromatic carbocycles. The maximum Gasteiger partial charge on any atom is 0.231 e. The minimum absolute atomic E-state index is 0.193. The van der Waals surface area contributed by atoms with E-state index >= 15 is 0 Å². The normalized spacial score (nSPS) is 20.4. The summed E-state index contributed by atoms with van der Waals surface area (Å²) in [7, 11) is 0. The maximum atomic E-state index is 12.7. The van der Waals surface area contributed by atoms with Crippen molar-refractivity contribution in [2.45, 2.75) is 25.7 Å². The molecule has 0 unspecified atom stereocenters. The highest BCUT2D eigenvalue weighted by atomic mass is 32.1. The second kappa shape index (κ2) is 6.80. The number of rotatable bonds is 3. The van der Waals surface area contributed by atoms with E-state index < -0.39 is 0 Å². The van der Waals surface area contributed by atoms with Crippen LogP contribution >= 0.6 is 11.3 Å². The lowest BCUT2D eigenvalue weighted by atomic mass is 9.78. The summed E-state index contributed by atoms with van der Waals surface area (Å²) in [5.41, 5.74) is 2.28. The van der Waals surface area contributed by atoms with Crippen molar-refractivity contribution in [2.75, 3.05) is 33.0 Å². The first-order chi connectivity index (χ1) is 13.2. The molecule has 1 amide bonds. The van der Waals surface area contributed by atoms with Crippen LogP contribution in [0.2, 0.25) is 0 Å². The number of benzene rings is 1. The fraction of sp³-hybridized carbons (Fsp3) is 0.500. The van der Waals surface area contributed by atoms with Crippen LogP contribution < -0.4 is 14.8 Å². The number of amides is 1. The molecule has 3 aliphatic rings. The average Bonchev–Trinajstić information content (AvgIpc) is 3.42. The topological polar surface area (TPSA) is 63.7 Å². The van der Waals surface area contributed by atoms with Crippen LogP contribution in [0.1, 0.15) is 25.0 Å². The number of aromatic nitrogens is 1. The summed E-state index contributed by atoms with van der Waals surface area (Å²) in [4.78, 5) is 19.4. The third kappa shape index (κ3) is 3.30. The van der Waals surface area contributed by atoms with Gasteiger partial charge in [0.2, 0.25) is 12.7 Å². The molecule has 0 saturated carbocycles. The molecule has 0 atom stereocenters. The van der Waals surface area contributed by atoms with Crippen molar-refractivity contribution in [2.24, 2.45) is 5.41 Å². The zero-order chi connectivity index (χ0) is 18.3. The molecule has 0 aliphatic carbocycles. The van der Waals surface area contributed by atoms with Gasteiger partial charge in [-0.25, -0.2) is 4.98 Å². The van der Waals surface area contributed by atoms with Crippen LogP contribution in [-0.4, -0.2) is 48.8 Å². The standard InChI is InChI=1S/C20H23N3O3S/c24-18(23-7-4-20(5-8-23)3-6-21-12-20)10-15-11-27-19(22-15)14-1-2-16-17(9-14)26-13-25-16/h1-2,9,11,21H,3-8,10,12-13H2. The van der Waals surface area contributed by atoms with Gasteiger partial charge < -0.3 is 19.7 Å². The first-order valence-electron chi connectivity index (χ1n) is 9.54. The first-order valence-corrected chi connectivity index (χ1v) is 10.4. The maximum absolute atomic E-state index is 12.7. The zero-order valence-electron chi connectivity index (χ0n) is 15.2. The average molecular weight is 385 g/mol. The minimum Gasteiger partial charge on any atom is -0.454 e. The number of nitrogens with zero attached hydrogens (tertiary/aromatic N) is 2. The van der Waals surface area contributed by atoms with Crippen molar-refractivity contribution in [1.82, 2.24) is 15.2 Å². The Morgan fingerprint density at radius 2 is 2.07 bits per heavy atom. The Morgan fingerprint density at radius 1 is 1.22 bits per heavy atom. The van der Waals surface area contributed by atoms with E-state index in [0.717, 1.165) is 66.8 Å². The lowest BCUT2D eigenvalue weighted by molar-refractivity contribution is -0.132. The number of nitrogens with one attached hydrogen (secondary N) is 1. The van der Waals surface area contributed by atoms with Gasteiger partial charge in [0.25, 0.3) is 0 Å². The van der Waals surface area contributed by atoms with Gasteiger partial charge in [-0.3, -0.25) is 4.79 Å². The molecule has 0 bridgehead atoms. The minimum atomic E-state index is 0.193. The van der Waals surface area contributed by atoms with Crippen LogP contribution in [0.3, 0.4) is 0 Å². The van der Waals surface area contributed by atoms with E-state index in [4.69, 9.17) is 9.47 Å². The van der Waals surface area contributed by atoms with Crippen molar-refractivity contribution < 1.29 is 14.3 Å². The molecule has 5 rings (SSSR count). The molecule has 142 valence electrons. The summed E-state index contributed by atoms with van der Waals surface area (Å²) in [5.74, 6) is 1.72. The van der Waals surface area contributed by atoms with Crippen molar-refractivity contribution in [1.29, 1.82) is 0 Å². The van der Waals surface area contributed by atoms with Crippen LogP contribution in [0.15, 0.2) is 23.6 Å². The van der Waals surface area contributed by atoms with E-state index in [0.29, 0.717) is 11.8 Å². The summed E-state index contributed by atoms with van der Waals surface area (Å²) >= 11 is 1.57. The molecule has 1 N–H and O–H groups in total. The summed E-state index contributed by atoms with van der Waals surface area (Å²) in [6.45, 7) is 4.25. The van der Waals surface area contributed by atoms with Gasteiger partial charge in [-0.05, 0) is 49.4 Å². The molecular weight excluding hydrogens is 362 g/mol. The van der Waals surface area contributed by atoms with Gasteiger partial charge in [-0.15, -0.1) is 11.3 Å². The van der Waals surface area contributed by atoms with Crippen molar-refractivity contribution in [3.05, 3.63) is 29.3 Å². The van der Waals surface area contributed by atoms with E-state index in [-0.39, 0.29) is 12.7 Å². The third-order valence-electron chi connectivity index (χ3n) is 6.01. The van der Waals surface area contributed by atoms with Crippen LogP contribution in [0, 0.1) is 5.41 Å². The van der Waals surface area contributed by atoms with Gasteiger partial charge >= 0.3 is 0 Å². The predicted octanol–water partition coefficient (Wildman–Crippen LogP) is 2.68. The zero-order valence-corrected chi connectivity index (χ0v) is 16.0. The second-order valence-corrected chi connectivity index (χ2v) is 8.55. The molecule has 1 spiro atoms. The summed E-state index contributed by atoms with van der Waals surface area (Å²) < 4.78 is 10.8. The van der Waals surface area contributed by atoms with Gasteiger partial charge in [0.05, 0.1) is 12.1 Å². The summed E-state index contributed by atoms with van der Waals surface area (Å²) in [6.07, 6.45) is 3.86. The fourth-order valence-electron chi connectivity index (χ4n) is 4.27. The predicted molar refractivity (Wildman–Crippen MR) is 103 cm³/mol. The quantitative estimate of drug-likeness (QED) is 0.880. The number of carbonyl (C=O) groups is 1. The van der Waals surface area contributed by atoms with E-state index in [2.05, 4.69) is 10.3 Å². The number of fused-ring (bicyclic) bond motifs is 1. The Hall–Kier alpha value is -2.12. The Morgan fingerprint density at radius 3 is 2.89 bits per heavy atom. The second-order valence-electron chi connectivity index (χ2n) is 7.70. The molecule has 2 aromatic rings. The lowest BCUT2D eigenvalue weighted by Crippen LogP contribution is -2.44. The van der Waals surface area contributed by atoms with Crippen LogP contribution in [0.25, 0.3) is 10.6 Å². The molecule has 6 nitrogen and oxygen atoms in total. The highest BCUT2D eigenvalue weighted by Gasteiger charge is 2.38. The van der Waals surface area contributed by atoms with Gasteiger partial charge in [-0.2, -0.15) is 0 Å². The number of ether oxygens (including phenoxy) is 2. The SMILES string of the molecule is O=C(Cc1csc(-c2ccc3c(c2)OCO3)n1)N1CCC2(CCNC2)CC1. The third-order valence-corrected chi connectivity index (χ3v) is 6.95. The number of thiazole rings is 1. The van der Waals surface area contributed by atoms with Crippen LogP contribution in [0.4, 0.5) is 0 Å². The molecule has 27 heavy (non-hydrogen) atoms. The molecule has 1 aromatic heterocycles. The Bertz CT molecular complexity index is 850. The molecule has 2 fully saturated rings. The van der Waals surface area contributed by atoms with Gasteiger partial charge in [0.1, 0.15) is 5.01 Å². The highest BCUT2D eigenvalue weighted by Crippen LogP contribution is 2.38. The van der Waals surface area contributed by atoms with E-state index in [1.807, 2.05) is 28.5 Å². The molecular formula is C20H23N3O3S. The number of likely N-dealkylation sites (tertiary alicyclic amines) is 1. The van der Waals surface area contributed by atoms with E-state index in [1.165, 1.54) is 6.42 Å². The van der Waals surface area contributed by atoms with E-state index in [9.17, 15) is 4.79 Å². The van der Waals surface area contributed by atoms with E-state index in [1.54, 1.807) is 11.3 Å². The largest absolute Gasteiger partial charge is 0.454 e. The van der Waals surface area contributed by atoms with Crippen molar-refractivity contribution in [3.8, 4) is 22.1 Å². The van der Waals surface area contributed by atoms with Gasteiger partial charge in [-0.1, -0.05) is 0 Å². The van der Waals surface area contributed by atoms with Crippen LogP contribution in [-0.2, 0) is 11.2 Å². The molecule has 7 heteroatoms. The Kier molecular flexibility index (Phi) is 4.28. The molecule has 2 saturated heterocycles. The molecule has 4 heterocycles. The van der Waals surface area contributed by atoms with Gasteiger partial charge in [0.15, 0.2) is 11.5 Å². The summed E-state index contributed by atoms with van der Waals surface area (Å²) in [6, 6.07) is 5.84. The van der Waals surface area contributed by atoms with Crippen molar-refractivity contribution in [3.63, 3.8) is 0 Å². The number of hydrogen-bond acceptors (Lipinski definition) is 6. The van der Waals surface area contributed by atoms with Gasteiger partial charge in [0, 0.05) is 30.6 Å². The highest BCUT2D eigenvalue weighted by molar-refractivity contribution is 7.13.